The lowest BCUT2D eigenvalue weighted by Crippen LogP contribution is -2.34. The first-order valence-corrected chi connectivity index (χ1v) is 8.77. The molecule has 0 aliphatic heterocycles. The van der Waals surface area contributed by atoms with E-state index in [0.29, 0.717) is 17.9 Å². The summed E-state index contributed by atoms with van der Waals surface area (Å²) < 4.78 is 19.4. The lowest BCUT2D eigenvalue weighted by Gasteiger charge is -2.23. The first kappa shape index (κ1) is 17.4. The molecule has 4 nitrogen and oxygen atoms in total. The highest BCUT2D eigenvalue weighted by Gasteiger charge is 2.19. The Balaban J connectivity index is 1.69. The van der Waals surface area contributed by atoms with E-state index in [4.69, 9.17) is 4.42 Å². The number of rotatable bonds is 6. The zero-order valence-corrected chi connectivity index (χ0v) is 14.8. The molecule has 3 rings (SSSR count). The van der Waals surface area contributed by atoms with Crippen molar-refractivity contribution in [2.24, 2.45) is 0 Å². The summed E-state index contributed by atoms with van der Waals surface area (Å²) in [7, 11) is 3.94. The van der Waals surface area contributed by atoms with Gasteiger partial charge in [-0.3, -0.25) is 4.79 Å². The molecule has 0 spiro atoms. The molecule has 0 bridgehead atoms. The normalized spacial score (nSPS) is 12.3. The Morgan fingerprint density at radius 3 is 2.68 bits per heavy atom. The van der Waals surface area contributed by atoms with E-state index in [1.165, 1.54) is 10.9 Å². The smallest absolute Gasteiger partial charge is 0.287 e. The highest BCUT2D eigenvalue weighted by molar-refractivity contribution is 7.10. The van der Waals surface area contributed by atoms with E-state index in [1.54, 1.807) is 41.7 Å². The number of nitrogens with zero attached hydrogens (tertiary/aromatic N) is 1. The minimum absolute atomic E-state index is 0.0879. The summed E-state index contributed by atoms with van der Waals surface area (Å²) in [6, 6.07) is 13.6. The Morgan fingerprint density at radius 1 is 1.20 bits per heavy atom. The van der Waals surface area contributed by atoms with Crippen molar-refractivity contribution in [1.29, 1.82) is 0 Å². The van der Waals surface area contributed by atoms with Crippen LogP contribution in [0.3, 0.4) is 0 Å². The molecule has 0 fully saturated rings. The number of carbonyl (C=O) groups is 1. The predicted molar refractivity (Wildman–Crippen MR) is 97.2 cm³/mol. The van der Waals surface area contributed by atoms with Crippen LogP contribution in [0.1, 0.15) is 21.5 Å². The minimum atomic E-state index is -0.380. The summed E-state index contributed by atoms with van der Waals surface area (Å²) in [5, 5.41) is 4.90. The molecule has 0 radical (unpaired) electrons. The van der Waals surface area contributed by atoms with Gasteiger partial charge in [-0.1, -0.05) is 18.2 Å². The summed E-state index contributed by atoms with van der Waals surface area (Å²) in [4.78, 5) is 15.6. The van der Waals surface area contributed by atoms with E-state index < -0.39 is 0 Å². The number of nitrogens with one attached hydrogen (secondary N) is 1. The maximum Gasteiger partial charge on any atom is 0.287 e. The second-order valence-electron chi connectivity index (χ2n) is 5.85. The van der Waals surface area contributed by atoms with Crippen LogP contribution in [0.4, 0.5) is 4.39 Å². The van der Waals surface area contributed by atoms with Crippen LogP contribution in [0.15, 0.2) is 58.3 Å². The molecular formula is C19H19FN2O2S. The van der Waals surface area contributed by atoms with Crippen LogP contribution < -0.4 is 5.32 Å². The van der Waals surface area contributed by atoms with Crippen LogP contribution in [-0.4, -0.2) is 31.4 Å². The Morgan fingerprint density at radius 2 is 2.00 bits per heavy atom. The van der Waals surface area contributed by atoms with E-state index in [-0.39, 0.29) is 23.5 Å². The van der Waals surface area contributed by atoms with Gasteiger partial charge in [0.15, 0.2) is 5.76 Å². The van der Waals surface area contributed by atoms with Crippen LogP contribution >= 0.6 is 11.3 Å². The van der Waals surface area contributed by atoms with Crippen LogP contribution in [0, 0.1) is 5.82 Å². The van der Waals surface area contributed by atoms with Crippen molar-refractivity contribution < 1.29 is 13.6 Å². The van der Waals surface area contributed by atoms with Gasteiger partial charge >= 0.3 is 0 Å². The maximum absolute atomic E-state index is 13.8. The molecule has 1 N–H and O–H groups in total. The molecule has 0 aliphatic carbocycles. The van der Waals surface area contributed by atoms with Crippen molar-refractivity contribution >= 4 is 17.2 Å². The first-order chi connectivity index (χ1) is 12.1. The van der Waals surface area contributed by atoms with Crippen molar-refractivity contribution in [3.63, 3.8) is 0 Å². The standard InChI is InChI=1S/C19H19FN2O2S/c1-22(2)15(18-8-5-11-25-18)12-21-19(23)17-10-9-16(24-17)13-6-3-4-7-14(13)20/h3-11,15H,12H2,1-2H3,(H,21,23). The molecule has 1 unspecified atom stereocenters. The molecule has 25 heavy (non-hydrogen) atoms. The third-order valence-corrected chi connectivity index (χ3v) is 4.89. The third-order valence-electron chi connectivity index (χ3n) is 3.92. The lowest BCUT2D eigenvalue weighted by molar-refractivity contribution is 0.0915. The van der Waals surface area contributed by atoms with Gasteiger partial charge in [0, 0.05) is 11.4 Å². The summed E-state index contributed by atoms with van der Waals surface area (Å²) >= 11 is 1.65. The fraction of sp³-hybridized carbons (Fsp3) is 0.211. The number of hydrogen-bond acceptors (Lipinski definition) is 4. The fourth-order valence-electron chi connectivity index (χ4n) is 2.56. The zero-order chi connectivity index (χ0) is 17.8. The van der Waals surface area contributed by atoms with Crippen molar-refractivity contribution in [3.8, 4) is 11.3 Å². The average molecular weight is 358 g/mol. The molecule has 0 saturated carbocycles. The fourth-order valence-corrected chi connectivity index (χ4v) is 3.48. The predicted octanol–water partition coefficient (Wildman–Crippen LogP) is 4.18. The van der Waals surface area contributed by atoms with E-state index in [2.05, 4.69) is 10.2 Å². The number of halogens is 1. The van der Waals surface area contributed by atoms with Gasteiger partial charge in [0.2, 0.25) is 0 Å². The number of furan rings is 1. The lowest BCUT2D eigenvalue weighted by atomic mass is 10.1. The van der Waals surface area contributed by atoms with Crippen molar-refractivity contribution in [1.82, 2.24) is 10.2 Å². The number of carbonyl (C=O) groups excluding carboxylic acids is 1. The van der Waals surface area contributed by atoms with E-state index >= 15 is 0 Å². The molecule has 2 heterocycles. The Labute approximate surface area is 149 Å². The van der Waals surface area contributed by atoms with Gasteiger partial charge in [0.25, 0.3) is 5.91 Å². The minimum Gasteiger partial charge on any atom is -0.451 e. The topological polar surface area (TPSA) is 45.5 Å². The second-order valence-corrected chi connectivity index (χ2v) is 6.83. The van der Waals surface area contributed by atoms with Crippen molar-refractivity contribution in [2.75, 3.05) is 20.6 Å². The molecule has 130 valence electrons. The first-order valence-electron chi connectivity index (χ1n) is 7.89. The molecule has 0 aliphatic rings. The Kier molecular flexibility index (Phi) is 5.31. The molecular weight excluding hydrogens is 339 g/mol. The second kappa shape index (κ2) is 7.63. The number of benzene rings is 1. The summed E-state index contributed by atoms with van der Waals surface area (Å²) in [6.07, 6.45) is 0. The van der Waals surface area contributed by atoms with E-state index in [1.807, 2.05) is 31.6 Å². The maximum atomic E-state index is 13.8. The quantitative estimate of drug-likeness (QED) is 0.719. The van der Waals surface area contributed by atoms with Gasteiger partial charge in [0.1, 0.15) is 11.6 Å². The molecule has 1 atom stereocenters. The van der Waals surface area contributed by atoms with Crippen LogP contribution in [-0.2, 0) is 0 Å². The Bertz CT molecular complexity index is 843. The van der Waals surface area contributed by atoms with Gasteiger partial charge < -0.3 is 14.6 Å². The number of amides is 1. The van der Waals surface area contributed by atoms with E-state index in [0.717, 1.165) is 0 Å². The summed E-state index contributed by atoms with van der Waals surface area (Å²) in [6.45, 7) is 0.460. The van der Waals surface area contributed by atoms with Gasteiger partial charge in [-0.15, -0.1) is 11.3 Å². The van der Waals surface area contributed by atoms with E-state index in [9.17, 15) is 9.18 Å². The number of likely N-dealkylation sites (N-methyl/N-ethyl adjacent to an activating group) is 1. The number of thiophene rings is 1. The van der Waals surface area contributed by atoms with Crippen LogP contribution in [0.25, 0.3) is 11.3 Å². The average Bonchev–Trinajstić information content (AvgIpc) is 3.27. The molecule has 1 amide bonds. The SMILES string of the molecule is CN(C)C(CNC(=O)c1ccc(-c2ccccc2F)o1)c1cccs1. The zero-order valence-electron chi connectivity index (χ0n) is 14.0. The Hall–Kier alpha value is -2.44. The highest BCUT2D eigenvalue weighted by Crippen LogP contribution is 2.25. The summed E-state index contributed by atoms with van der Waals surface area (Å²) in [5.41, 5.74) is 0.339. The van der Waals surface area contributed by atoms with Crippen LogP contribution in [0.5, 0.6) is 0 Å². The van der Waals surface area contributed by atoms with Crippen molar-refractivity contribution in [3.05, 3.63) is 70.4 Å². The molecule has 2 aromatic heterocycles. The van der Waals surface area contributed by atoms with Gasteiger partial charge in [-0.05, 0) is 49.8 Å². The summed E-state index contributed by atoms with van der Waals surface area (Å²) in [5.74, 6) is -0.187. The van der Waals surface area contributed by atoms with Crippen LogP contribution in [0.2, 0.25) is 0 Å². The third kappa shape index (κ3) is 3.97. The van der Waals surface area contributed by atoms with Gasteiger partial charge in [-0.2, -0.15) is 0 Å². The molecule has 0 saturated heterocycles. The number of hydrogen-bond donors (Lipinski definition) is 1. The molecule has 3 aromatic rings. The molecule has 1 aromatic carbocycles. The highest BCUT2D eigenvalue weighted by atomic mass is 32.1. The van der Waals surface area contributed by atoms with Gasteiger partial charge in [0.05, 0.1) is 11.6 Å². The van der Waals surface area contributed by atoms with Gasteiger partial charge in [-0.25, -0.2) is 4.39 Å². The van der Waals surface area contributed by atoms with Crippen molar-refractivity contribution in [2.45, 2.75) is 6.04 Å². The molecule has 6 heteroatoms. The largest absolute Gasteiger partial charge is 0.451 e. The monoisotopic (exact) mass is 358 g/mol.